The first-order valence-corrected chi connectivity index (χ1v) is 8.90. The van der Waals surface area contributed by atoms with E-state index in [-0.39, 0.29) is 5.91 Å². The standard InChI is InChI=1S/C21H28N2O3/c1-5-6-12-26-19-11-10-17(14-20(19)25-4)21(24)22-15-16-8-7-9-18(13-16)23(2)3/h7-11,13-14H,5-6,12,15H2,1-4H3,(H,22,24). The fraction of sp³-hybridized carbons (Fsp3) is 0.381. The molecule has 5 heteroatoms. The van der Waals surface area contributed by atoms with Crippen molar-refractivity contribution in [1.29, 1.82) is 0 Å². The molecule has 0 fully saturated rings. The summed E-state index contributed by atoms with van der Waals surface area (Å²) in [5.74, 6) is 1.10. The summed E-state index contributed by atoms with van der Waals surface area (Å²) in [7, 11) is 5.57. The van der Waals surface area contributed by atoms with Crippen LogP contribution >= 0.6 is 0 Å². The van der Waals surface area contributed by atoms with E-state index >= 15 is 0 Å². The zero-order chi connectivity index (χ0) is 18.9. The molecule has 0 heterocycles. The van der Waals surface area contributed by atoms with E-state index in [0.717, 1.165) is 24.1 Å². The van der Waals surface area contributed by atoms with Gasteiger partial charge >= 0.3 is 0 Å². The molecule has 26 heavy (non-hydrogen) atoms. The molecule has 0 spiro atoms. The number of hydrogen-bond acceptors (Lipinski definition) is 4. The van der Waals surface area contributed by atoms with E-state index < -0.39 is 0 Å². The van der Waals surface area contributed by atoms with Gasteiger partial charge in [0.25, 0.3) is 5.91 Å². The van der Waals surface area contributed by atoms with E-state index in [2.05, 4.69) is 18.3 Å². The zero-order valence-corrected chi connectivity index (χ0v) is 16.0. The first-order valence-electron chi connectivity index (χ1n) is 8.90. The number of unbranched alkanes of at least 4 members (excludes halogenated alkanes) is 1. The molecule has 0 saturated carbocycles. The first-order chi connectivity index (χ1) is 12.5. The average Bonchev–Trinajstić information content (AvgIpc) is 2.66. The molecule has 2 rings (SSSR count). The van der Waals surface area contributed by atoms with Gasteiger partial charge in [-0.1, -0.05) is 25.5 Å². The lowest BCUT2D eigenvalue weighted by Gasteiger charge is -2.14. The van der Waals surface area contributed by atoms with Crippen molar-refractivity contribution in [3.05, 3.63) is 53.6 Å². The minimum Gasteiger partial charge on any atom is -0.493 e. The minimum absolute atomic E-state index is 0.140. The number of nitrogens with one attached hydrogen (secondary N) is 1. The molecular weight excluding hydrogens is 328 g/mol. The Balaban J connectivity index is 2.01. The molecule has 0 atom stereocenters. The number of carbonyl (C=O) groups is 1. The molecule has 2 aromatic rings. The highest BCUT2D eigenvalue weighted by Crippen LogP contribution is 2.28. The molecule has 0 aromatic heterocycles. The van der Waals surface area contributed by atoms with Crippen molar-refractivity contribution in [2.75, 3.05) is 32.7 Å². The van der Waals surface area contributed by atoms with E-state index in [1.54, 1.807) is 25.3 Å². The highest BCUT2D eigenvalue weighted by molar-refractivity contribution is 5.94. The van der Waals surface area contributed by atoms with Crippen LogP contribution in [0.25, 0.3) is 0 Å². The highest BCUT2D eigenvalue weighted by atomic mass is 16.5. The minimum atomic E-state index is -0.140. The lowest BCUT2D eigenvalue weighted by atomic mass is 10.1. The highest BCUT2D eigenvalue weighted by Gasteiger charge is 2.11. The summed E-state index contributed by atoms with van der Waals surface area (Å²) in [6, 6.07) is 13.3. The van der Waals surface area contributed by atoms with Crippen LogP contribution < -0.4 is 19.7 Å². The molecular formula is C21H28N2O3. The van der Waals surface area contributed by atoms with Crippen LogP contribution in [0.3, 0.4) is 0 Å². The Morgan fingerprint density at radius 1 is 1.12 bits per heavy atom. The van der Waals surface area contributed by atoms with Gasteiger partial charge in [-0.25, -0.2) is 0 Å². The fourth-order valence-corrected chi connectivity index (χ4v) is 2.48. The second-order valence-electron chi connectivity index (χ2n) is 6.31. The van der Waals surface area contributed by atoms with Crippen LogP contribution in [0.4, 0.5) is 5.69 Å². The Morgan fingerprint density at radius 3 is 2.62 bits per heavy atom. The molecule has 0 aliphatic rings. The molecule has 2 aromatic carbocycles. The van der Waals surface area contributed by atoms with Gasteiger partial charge in [0.2, 0.25) is 0 Å². The van der Waals surface area contributed by atoms with Crippen LogP contribution in [0.2, 0.25) is 0 Å². The number of nitrogens with zero attached hydrogens (tertiary/aromatic N) is 1. The topological polar surface area (TPSA) is 50.8 Å². The van der Waals surface area contributed by atoms with E-state index in [1.165, 1.54) is 0 Å². The van der Waals surface area contributed by atoms with E-state index in [0.29, 0.717) is 30.2 Å². The summed E-state index contributed by atoms with van der Waals surface area (Å²) in [5.41, 5.74) is 2.71. The molecule has 5 nitrogen and oxygen atoms in total. The van der Waals surface area contributed by atoms with Gasteiger partial charge < -0.3 is 19.7 Å². The Hall–Kier alpha value is -2.69. The number of anilines is 1. The maximum Gasteiger partial charge on any atom is 0.251 e. The van der Waals surface area contributed by atoms with E-state index in [4.69, 9.17) is 9.47 Å². The Morgan fingerprint density at radius 2 is 1.92 bits per heavy atom. The van der Waals surface area contributed by atoms with Crippen molar-refractivity contribution < 1.29 is 14.3 Å². The van der Waals surface area contributed by atoms with Crippen molar-refractivity contribution in [2.24, 2.45) is 0 Å². The summed E-state index contributed by atoms with van der Waals surface area (Å²) in [4.78, 5) is 14.5. The summed E-state index contributed by atoms with van der Waals surface area (Å²) >= 11 is 0. The van der Waals surface area contributed by atoms with Crippen molar-refractivity contribution >= 4 is 11.6 Å². The van der Waals surface area contributed by atoms with Crippen LogP contribution in [0.15, 0.2) is 42.5 Å². The second kappa shape index (κ2) is 9.70. The number of amides is 1. The second-order valence-corrected chi connectivity index (χ2v) is 6.31. The van der Waals surface area contributed by atoms with Crippen LogP contribution in [-0.2, 0) is 6.54 Å². The van der Waals surface area contributed by atoms with Gasteiger partial charge in [-0.2, -0.15) is 0 Å². The number of hydrogen-bond donors (Lipinski definition) is 1. The smallest absolute Gasteiger partial charge is 0.251 e. The van der Waals surface area contributed by atoms with Crippen LogP contribution in [-0.4, -0.2) is 33.7 Å². The maximum atomic E-state index is 12.5. The summed E-state index contributed by atoms with van der Waals surface area (Å²) in [5, 5.41) is 2.95. The molecule has 0 aliphatic heterocycles. The predicted molar refractivity (Wildman–Crippen MR) is 105 cm³/mol. The molecule has 0 radical (unpaired) electrons. The van der Waals surface area contributed by atoms with Crippen molar-refractivity contribution in [3.63, 3.8) is 0 Å². The Kier molecular flexibility index (Phi) is 7.33. The molecule has 0 unspecified atom stereocenters. The lowest BCUT2D eigenvalue weighted by molar-refractivity contribution is 0.0950. The molecule has 0 saturated heterocycles. The lowest BCUT2D eigenvalue weighted by Crippen LogP contribution is -2.23. The van der Waals surface area contributed by atoms with Crippen molar-refractivity contribution in [1.82, 2.24) is 5.32 Å². The Bertz CT molecular complexity index is 729. The molecule has 1 amide bonds. The molecule has 1 N–H and O–H groups in total. The normalized spacial score (nSPS) is 10.3. The average molecular weight is 356 g/mol. The van der Waals surface area contributed by atoms with E-state index in [9.17, 15) is 4.79 Å². The predicted octanol–water partition coefficient (Wildman–Crippen LogP) is 3.87. The molecule has 0 bridgehead atoms. The SMILES string of the molecule is CCCCOc1ccc(C(=O)NCc2cccc(N(C)C)c2)cc1OC. The first kappa shape index (κ1) is 19.6. The fourth-order valence-electron chi connectivity index (χ4n) is 2.48. The Labute approximate surface area is 155 Å². The van der Waals surface area contributed by atoms with Crippen LogP contribution in [0, 0.1) is 0 Å². The van der Waals surface area contributed by atoms with Gasteiger partial charge in [0.15, 0.2) is 11.5 Å². The molecule has 140 valence electrons. The van der Waals surface area contributed by atoms with Crippen molar-refractivity contribution in [2.45, 2.75) is 26.3 Å². The number of rotatable bonds is 9. The van der Waals surface area contributed by atoms with Gasteiger partial charge in [0, 0.05) is 31.9 Å². The summed E-state index contributed by atoms with van der Waals surface area (Å²) in [6.07, 6.45) is 2.05. The van der Waals surface area contributed by atoms with Crippen LogP contribution in [0.1, 0.15) is 35.7 Å². The van der Waals surface area contributed by atoms with Gasteiger partial charge in [-0.05, 0) is 42.3 Å². The van der Waals surface area contributed by atoms with Gasteiger partial charge in [0.1, 0.15) is 0 Å². The number of methoxy groups -OCH3 is 1. The van der Waals surface area contributed by atoms with Crippen molar-refractivity contribution in [3.8, 4) is 11.5 Å². The third-order valence-electron chi connectivity index (χ3n) is 4.06. The van der Waals surface area contributed by atoms with Gasteiger partial charge in [0.05, 0.1) is 13.7 Å². The third kappa shape index (κ3) is 5.41. The zero-order valence-electron chi connectivity index (χ0n) is 16.0. The third-order valence-corrected chi connectivity index (χ3v) is 4.06. The maximum absolute atomic E-state index is 12.5. The monoisotopic (exact) mass is 356 g/mol. The number of ether oxygens (including phenoxy) is 2. The number of carbonyl (C=O) groups excluding carboxylic acids is 1. The van der Waals surface area contributed by atoms with Gasteiger partial charge in [-0.15, -0.1) is 0 Å². The summed E-state index contributed by atoms with van der Waals surface area (Å²) in [6.45, 7) is 3.22. The summed E-state index contributed by atoms with van der Waals surface area (Å²) < 4.78 is 11.1. The largest absolute Gasteiger partial charge is 0.493 e. The van der Waals surface area contributed by atoms with Crippen LogP contribution in [0.5, 0.6) is 11.5 Å². The van der Waals surface area contributed by atoms with E-state index in [1.807, 2.05) is 37.2 Å². The molecule has 0 aliphatic carbocycles. The van der Waals surface area contributed by atoms with Gasteiger partial charge in [-0.3, -0.25) is 4.79 Å². The number of benzene rings is 2. The quantitative estimate of drug-likeness (QED) is 0.693.